The molecule has 0 fully saturated rings. The molecule has 0 aromatic heterocycles. The van der Waals surface area contributed by atoms with Gasteiger partial charge in [-0.15, -0.1) is 0 Å². The third-order valence-corrected chi connectivity index (χ3v) is 7.74. The van der Waals surface area contributed by atoms with Gasteiger partial charge in [0.05, 0.1) is 6.42 Å². The number of carbonyl (C=O) groups is 3. The van der Waals surface area contributed by atoms with Crippen molar-refractivity contribution in [3.8, 4) is 0 Å². The highest BCUT2D eigenvalue weighted by Crippen LogP contribution is 2.12. The molecule has 49 heavy (non-hydrogen) atoms. The van der Waals surface area contributed by atoms with E-state index in [2.05, 4.69) is 81.5 Å². The third kappa shape index (κ3) is 36.0. The molecule has 6 nitrogen and oxygen atoms in total. The fraction of sp³-hybridized carbons (Fsp3) is 0.651. The standard InChI is InChI=1S/C43H70O6/c1-4-7-10-13-16-19-21-22-25-27-30-33-36-42(45)48-39-40(38-47-41(44)35-32-29-26-23-18-15-12-9-6-3)49-43(46)37-34-31-28-24-20-17-14-11-8-5-2/h7,9-10,12,16,18-19,22-23,25,29,32,40H,4-6,8,11,13-15,17,20-21,24,26-28,30-31,33-39H2,1-3H3/b10-7-,12-9-,19-16-,23-18-,25-22-,32-29-. The minimum Gasteiger partial charge on any atom is -0.462 e. The summed E-state index contributed by atoms with van der Waals surface area (Å²) < 4.78 is 16.4. The zero-order chi connectivity index (χ0) is 35.9. The normalized spacial score (nSPS) is 12.8. The van der Waals surface area contributed by atoms with Crippen LogP contribution in [0.15, 0.2) is 72.9 Å². The van der Waals surface area contributed by atoms with Crippen molar-refractivity contribution in [1.29, 1.82) is 0 Å². The monoisotopic (exact) mass is 683 g/mol. The Hall–Kier alpha value is -3.15. The molecule has 278 valence electrons. The maximum atomic E-state index is 12.6. The van der Waals surface area contributed by atoms with Gasteiger partial charge in [0.1, 0.15) is 13.2 Å². The molecule has 0 rings (SSSR count). The highest BCUT2D eigenvalue weighted by atomic mass is 16.6. The topological polar surface area (TPSA) is 78.9 Å². The van der Waals surface area contributed by atoms with Gasteiger partial charge in [-0.1, -0.05) is 151 Å². The van der Waals surface area contributed by atoms with Crippen molar-refractivity contribution in [2.24, 2.45) is 0 Å². The van der Waals surface area contributed by atoms with Crippen molar-refractivity contribution < 1.29 is 28.6 Å². The molecule has 0 spiro atoms. The molecule has 0 heterocycles. The van der Waals surface area contributed by atoms with Crippen LogP contribution in [-0.2, 0) is 28.6 Å². The van der Waals surface area contributed by atoms with Gasteiger partial charge < -0.3 is 14.2 Å². The van der Waals surface area contributed by atoms with Crippen LogP contribution in [0, 0.1) is 0 Å². The zero-order valence-electron chi connectivity index (χ0n) is 31.4. The van der Waals surface area contributed by atoms with Crippen molar-refractivity contribution in [2.45, 2.75) is 168 Å². The van der Waals surface area contributed by atoms with E-state index in [0.717, 1.165) is 77.0 Å². The number of rotatable bonds is 33. The molecule has 0 bridgehead atoms. The Bertz CT molecular complexity index is 971. The summed E-state index contributed by atoms with van der Waals surface area (Å²) in [5.41, 5.74) is 0. The first-order chi connectivity index (χ1) is 24.0. The minimum atomic E-state index is -0.819. The predicted octanol–water partition coefficient (Wildman–Crippen LogP) is 12.0. The van der Waals surface area contributed by atoms with Gasteiger partial charge in [-0.05, 0) is 64.2 Å². The number of hydrogen-bond acceptors (Lipinski definition) is 6. The Kier molecular flexibility index (Phi) is 35.2. The van der Waals surface area contributed by atoms with Crippen LogP contribution in [0.1, 0.15) is 162 Å². The predicted molar refractivity (Wildman–Crippen MR) is 205 cm³/mol. The average Bonchev–Trinajstić information content (AvgIpc) is 3.10. The molecular weight excluding hydrogens is 612 g/mol. The van der Waals surface area contributed by atoms with Crippen molar-refractivity contribution in [3.05, 3.63) is 72.9 Å². The summed E-state index contributed by atoms with van der Waals surface area (Å²) in [6, 6.07) is 0. The number of esters is 3. The van der Waals surface area contributed by atoms with Gasteiger partial charge in [-0.25, -0.2) is 0 Å². The molecule has 0 aliphatic rings. The first-order valence-electron chi connectivity index (χ1n) is 19.4. The van der Waals surface area contributed by atoms with Gasteiger partial charge in [-0.3, -0.25) is 14.4 Å². The van der Waals surface area contributed by atoms with Gasteiger partial charge in [0.15, 0.2) is 6.10 Å². The molecule has 6 heteroatoms. The summed E-state index contributed by atoms with van der Waals surface area (Å²) in [6.07, 6.45) is 45.0. The van der Waals surface area contributed by atoms with Gasteiger partial charge >= 0.3 is 17.9 Å². The first kappa shape index (κ1) is 45.9. The highest BCUT2D eigenvalue weighted by Gasteiger charge is 2.19. The molecular formula is C43H70O6. The van der Waals surface area contributed by atoms with E-state index in [1.807, 2.05) is 6.08 Å². The van der Waals surface area contributed by atoms with Crippen molar-refractivity contribution in [1.82, 2.24) is 0 Å². The van der Waals surface area contributed by atoms with E-state index in [1.54, 1.807) is 6.08 Å². The number of hydrogen-bond donors (Lipinski definition) is 0. The second-order valence-electron chi connectivity index (χ2n) is 12.4. The fourth-order valence-electron chi connectivity index (χ4n) is 4.87. The molecule has 0 aliphatic heterocycles. The first-order valence-corrected chi connectivity index (χ1v) is 19.4. The molecule has 1 unspecified atom stereocenters. The van der Waals surface area contributed by atoms with Crippen LogP contribution in [0.25, 0.3) is 0 Å². The quantitative estimate of drug-likeness (QED) is 0.0297. The van der Waals surface area contributed by atoms with Gasteiger partial charge in [-0.2, -0.15) is 0 Å². The van der Waals surface area contributed by atoms with E-state index < -0.39 is 12.1 Å². The molecule has 0 aliphatic carbocycles. The van der Waals surface area contributed by atoms with E-state index >= 15 is 0 Å². The summed E-state index contributed by atoms with van der Waals surface area (Å²) in [6.45, 7) is 6.21. The van der Waals surface area contributed by atoms with Crippen molar-refractivity contribution in [3.63, 3.8) is 0 Å². The lowest BCUT2D eigenvalue weighted by molar-refractivity contribution is -0.166. The second-order valence-corrected chi connectivity index (χ2v) is 12.4. The molecule has 0 N–H and O–H groups in total. The van der Waals surface area contributed by atoms with E-state index in [-0.39, 0.29) is 31.6 Å². The van der Waals surface area contributed by atoms with Crippen LogP contribution in [0.5, 0.6) is 0 Å². The number of ether oxygens (including phenoxy) is 3. The fourth-order valence-corrected chi connectivity index (χ4v) is 4.87. The molecule has 0 saturated heterocycles. The second kappa shape index (κ2) is 37.7. The minimum absolute atomic E-state index is 0.122. The van der Waals surface area contributed by atoms with Crippen molar-refractivity contribution >= 4 is 17.9 Å². The lowest BCUT2D eigenvalue weighted by atomic mass is 10.1. The van der Waals surface area contributed by atoms with Crippen molar-refractivity contribution in [2.75, 3.05) is 13.2 Å². The summed E-state index contributed by atoms with van der Waals surface area (Å²) >= 11 is 0. The van der Waals surface area contributed by atoms with Crippen LogP contribution < -0.4 is 0 Å². The summed E-state index contributed by atoms with van der Waals surface area (Å²) in [7, 11) is 0. The van der Waals surface area contributed by atoms with Crippen LogP contribution in [0.3, 0.4) is 0 Å². The Morgan fingerprint density at radius 2 is 0.878 bits per heavy atom. The third-order valence-electron chi connectivity index (χ3n) is 7.74. The highest BCUT2D eigenvalue weighted by molar-refractivity contribution is 5.72. The molecule has 0 saturated carbocycles. The number of unbranched alkanes of at least 4 members (excludes halogenated alkanes) is 11. The van der Waals surface area contributed by atoms with Crippen LogP contribution in [0.2, 0.25) is 0 Å². The summed E-state index contributed by atoms with van der Waals surface area (Å²) in [4.78, 5) is 37.3. The number of carbonyl (C=O) groups excluding carboxylic acids is 3. The average molecular weight is 683 g/mol. The maximum absolute atomic E-state index is 12.6. The Balaban J connectivity index is 4.54. The Morgan fingerprint density at radius 3 is 1.43 bits per heavy atom. The molecule has 0 radical (unpaired) electrons. The lowest BCUT2D eigenvalue weighted by Crippen LogP contribution is -2.30. The SMILES string of the molecule is CC/C=C\C/C=C\C/C=C\CCCCC(=O)OCC(COC(=O)C/C=C\C/C=C\C/C=C\CC)OC(=O)CCCCCCCCCCCC. The van der Waals surface area contributed by atoms with Gasteiger partial charge in [0.2, 0.25) is 0 Å². The van der Waals surface area contributed by atoms with E-state index in [9.17, 15) is 14.4 Å². The van der Waals surface area contributed by atoms with Crippen LogP contribution >= 0.6 is 0 Å². The van der Waals surface area contributed by atoms with Crippen LogP contribution in [0.4, 0.5) is 0 Å². The van der Waals surface area contributed by atoms with Gasteiger partial charge in [0.25, 0.3) is 0 Å². The van der Waals surface area contributed by atoms with E-state index in [0.29, 0.717) is 12.8 Å². The van der Waals surface area contributed by atoms with E-state index in [1.165, 1.54) is 44.9 Å². The summed E-state index contributed by atoms with van der Waals surface area (Å²) in [5, 5.41) is 0. The molecule has 0 aromatic rings. The zero-order valence-corrected chi connectivity index (χ0v) is 31.4. The van der Waals surface area contributed by atoms with Gasteiger partial charge in [0, 0.05) is 12.8 Å². The molecule has 0 amide bonds. The molecule has 1 atom stereocenters. The lowest BCUT2D eigenvalue weighted by Gasteiger charge is -2.18. The summed E-state index contributed by atoms with van der Waals surface area (Å²) in [5.74, 6) is -1.10. The van der Waals surface area contributed by atoms with E-state index in [4.69, 9.17) is 14.2 Å². The smallest absolute Gasteiger partial charge is 0.309 e. The maximum Gasteiger partial charge on any atom is 0.309 e. The number of allylic oxidation sites excluding steroid dienone is 11. The Morgan fingerprint density at radius 1 is 0.449 bits per heavy atom. The molecule has 0 aromatic carbocycles. The largest absolute Gasteiger partial charge is 0.462 e. The Labute approximate surface area is 300 Å². The van der Waals surface area contributed by atoms with Crippen LogP contribution in [-0.4, -0.2) is 37.2 Å².